The minimum atomic E-state index is -1.86. The molecule has 416 valence electrons. The van der Waals surface area contributed by atoms with E-state index in [1.165, 1.54) is 48.5 Å². The molecule has 75 heavy (non-hydrogen) atoms. The van der Waals surface area contributed by atoms with Gasteiger partial charge in [0.25, 0.3) is 0 Å². The number of likely N-dealkylation sites (tertiary alicyclic amines) is 1. The third kappa shape index (κ3) is 15.4. The van der Waals surface area contributed by atoms with Gasteiger partial charge in [-0.1, -0.05) is 75.2 Å². The number of alkyl carbamates (subject to hydrolysis) is 1. The van der Waals surface area contributed by atoms with Crippen LogP contribution in [0.5, 0.6) is 5.75 Å². The maximum absolute atomic E-state index is 14.4. The Hall–Kier alpha value is -3.99. The van der Waals surface area contributed by atoms with E-state index in [4.69, 9.17) is 35.3 Å². The molecule has 0 radical (unpaired) electrons. The number of rotatable bonds is 18. The van der Waals surface area contributed by atoms with Crippen LogP contribution in [0, 0.1) is 11.8 Å². The molecule has 18 nitrogen and oxygen atoms in total. The number of carbonyl (C=O) groups is 5. The number of allylic oxidation sites excluding steroid dienone is 3. The minimum absolute atomic E-state index is 0.0323. The van der Waals surface area contributed by atoms with Crippen LogP contribution < -0.4 is 15.0 Å². The third-order valence-corrected chi connectivity index (χ3v) is 18.2. The fourth-order valence-electron chi connectivity index (χ4n) is 9.69. The molecule has 2 N–H and O–H groups in total. The molecule has 2 aromatic rings. The maximum atomic E-state index is 14.4. The number of esters is 1. The molecule has 0 aliphatic carbocycles. The van der Waals surface area contributed by atoms with E-state index in [1.807, 2.05) is 41.4 Å². The number of piperidine rings is 1. The van der Waals surface area contributed by atoms with E-state index < -0.39 is 65.7 Å². The van der Waals surface area contributed by atoms with E-state index in [2.05, 4.69) is 48.0 Å². The van der Waals surface area contributed by atoms with Crippen LogP contribution in [0.3, 0.4) is 0 Å². The van der Waals surface area contributed by atoms with Crippen LogP contribution in [0.1, 0.15) is 104 Å². The molecule has 0 spiro atoms. The highest BCUT2D eigenvalue weighted by atomic mass is 35.5. The van der Waals surface area contributed by atoms with Crippen molar-refractivity contribution in [1.29, 1.82) is 0 Å². The number of methoxy groups -OCH3 is 2. The fraction of sp³-hybridized carbons (Fsp3) is 0.679. The Kier molecular flexibility index (Phi) is 21.3. The molecule has 8 atom stereocenters. The van der Waals surface area contributed by atoms with E-state index in [-0.39, 0.29) is 41.9 Å². The predicted octanol–water partition coefficient (Wildman–Crippen LogP) is 7.45. The van der Waals surface area contributed by atoms with Crippen molar-refractivity contribution >= 4 is 82.4 Å². The minimum Gasteiger partial charge on any atom is -0.495 e. The number of thioether (sulfide) groups is 3. The Morgan fingerprint density at radius 1 is 1.07 bits per heavy atom. The second-order valence-electron chi connectivity index (χ2n) is 20.9. The number of aliphatic hydroxyl groups is 1. The van der Waals surface area contributed by atoms with Crippen LogP contribution in [0.4, 0.5) is 10.5 Å². The van der Waals surface area contributed by atoms with Crippen molar-refractivity contribution in [2.75, 3.05) is 57.8 Å². The standard InChI is InChI=1S/C53H78ClN7O11S3/c1-31(2)74-28-38-40(29-75-32(3)4)61(57-56-38)27-36-16-19-60(20-17-36)47(64)30-73-21-18-45(62)58(9)35(7)50(65)71-44-25-46(63)59(10)39-23-37(24-41(68-11)48(39)54)22-33(5)14-13-15-43(69-12)53(67)26-42(70-51(66)55-53)34(6)49-52(44,8)72-49/h13-15,23-24,31-32,34-36,42-44,49,67H,16-22,25-30H2,1-12H3,(H,55,66)/b15-13+,33-14+/t34-,35+,42+,43-,44+,49+,52+,53+/m1/s1. The molecule has 4 amide bonds. The number of aromatic nitrogens is 3. The monoisotopic (exact) mass is 1120 g/mol. The quantitative estimate of drug-likeness (QED) is 0.0844. The number of benzene rings is 1. The van der Waals surface area contributed by atoms with Gasteiger partial charge in [0, 0.05) is 76.9 Å². The van der Waals surface area contributed by atoms with Gasteiger partial charge < -0.3 is 43.5 Å². The average Bonchev–Trinajstić information content (AvgIpc) is 3.92. The number of anilines is 1. The Morgan fingerprint density at radius 2 is 1.76 bits per heavy atom. The summed E-state index contributed by atoms with van der Waals surface area (Å²) < 4.78 is 31.7. The molecular formula is C53H78ClN7O11S3. The molecule has 6 rings (SSSR count). The maximum Gasteiger partial charge on any atom is 0.409 e. The van der Waals surface area contributed by atoms with Crippen LogP contribution in [-0.2, 0) is 62.6 Å². The zero-order chi connectivity index (χ0) is 54.9. The summed E-state index contributed by atoms with van der Waals surface area (Å²) in [5, 5.41) is 24.8. The first-order chi connectivity index (χ1) is 35.5. The zero-order valence-electron chi connectivity index (χ0n) is 45.6. The lowest BCUT2D eigenvalue weighted by Gasteiger charge is -2.42. The lowest BCUT2D eigenvalue weighted by molar-refractivity contribution is -0.162. The second kappa shape index (κ2) is 26.6. The average molecular weight is 1120 g/mol. The highest BCUT2D eigenvalue weighted by Gasteiger charge is 2.64. The van der Waals surface area contributed by atoms with Gasteiger partial charge in [0.2, 0.25) is 17.7 Å². The number of likely N-dealkylation sites (N-methyl/N-ethyl adjacent to an activating group) is 1. The molecule has 4 bridgehead atoms. The highest BCUT2D eigenvalue weighted by molar-refractivity contribution is 8.00. The number of hydrogen-bond donors (Lipinski definition) is 2. The molecule has 3 fully saturated rings. The first-order valence-electron chi connectivity index (χ1n) is 25.8. The van der Waals surface area contributed by atoms with Gasteiger partial charge in [0.15, 0.2) is 5.72 Å². The van der Waals surface area contributed by atoms with Crippen LogP contribution in [0.15, 0.2) is 35.9 Å². The van der Waals surface area contributed by atoms with Gasteiger partial charge in [-0.3, -0.25) is 19.7 Å². The number of hydrogen-bond acceptors (Lipinski definition) is 16. The first-order valence-corrected chi connectivity index (χ1v) is 29.5. The molecule has 0 saturated carbocycles. The lowest BCUT2D eigenvalue weighted by atomic mass is 9.83. The van der Waals surface area contributed by atoms with Gasteiger partial charge >= 0.3 is 12.1 Å². The fourth-order valence-corrected chi connectivity index (χ4v) is 12.3. The number of epoxide rings is 1. The summed E-state index contributed by atoms with van der Waals surface area (Å²) in [6.45, 7) is 17.9. The van der Waals surface area contributed by atoms with E-state index in [1.54, 1.807) is 52.1 Å². The van der Waals surface area contributed by atoms with E-state index in [0.29, 0.717) is 53.1 Å². The second-order valence-corrected chi connectivity index (χ2v) is 25.5. The summed E-state index contributed by atoms with van der Waals surface area (Å²) in [7, 11) is 6.01. The molecule has 0 unspecified atom stereocenters. The third-order valence-electron chi connectivity index (χ3n) is 14.6. The van der Waals surface area contributed by atoms with Crippen molar-refractivity contribution in [2.24, 2.45) is 11.8 Å². The Morgan fingerprint density at radius 3 is 2.43 bits per heavy atom. The van der Waals surface area contributed by atoms with Crippen molar-refractivity contribution in [3.8, 4) is 5.75 Å². The van der Waals surface area contributed by atoms with Gasteiger partial charge in [-0.25, -0.2) is 14.3 Å². The first kappa shape index (κ1) is 60.2. The number of ether oxygens (including phenoxy) is 5. The molecule has 4 aliphatic rings. The van der Waals surface area contributed by atoms with Crippen molar-refractivity contribution < 1.29 is 52.8 Å². The van der Waals surface area contributed by atoms with Gasteiger partial charge in [0.05, 0.1) is 42.5 Å². The summed E-state index contributed by atoms with van der Waals surface area (Å²) >= 11 is 12.0. The van der Waals surface area contributed by atoms with Crippen molar-refractivity contribution in [3.05, 3.63) is 57.9 Å². The summed E-state index contributed by atoms with van der Waals surface area (Å²) in [4.78, 5) is 73.1. The number of nitrogens with one attached hydrogen (secondary N) is 1. The number of halogens is 1. The summed E-state index contributed by atoms with van der Waals surface area (Å²) in [5.74, 6) is 0.989. The number of amides is 4. The molecular weight excluding hydrogens is 1040 g/mol. The van der Waals surface area contributed by atoms with Crippen LogP contribution in [0.2, 0.25) is 5.02 Å². The molecule has 5 heterocycles. The Labute approximate surface area is 460 Å². The summed E-state index contributed by atoms with van der Waals surface area (Å²) in [6, 6.07) is 2.52. The SMILES string of the molecule is COc1cc2cc(c1Cl)N(C)C(=O)C[C@H](OC(=O)[C@H](C)N(C)C(=O)CCSCC(=O)N1CCC(Cn3nnc(CSC(C)C)c3CSC(C)C)CC1)[C@]1(C)O[C@H]1[C@H](C)[C@@H]1C[C@@](O)(NC(=O)O1)[C@H](OC)/C=C/C=C(\C)C2. The molecule has 22 heteroatoms. The Bertz CT molecular complexity index is 2420. The topological polar surface area (TPSA) is 207 Å². The van der Waals surface area contributed by atoms with Crippen LogP contribution in [0.25, 0.3) is 0 Å². The van der Waals surface area contributed by atoms with E-state index in [9.17, 15) is 29.1 Å². The molecule has 1 aromatic carbocycles. The summed E-state index contributed by atoms with van der Waals surface area (Å²) in [6.07, 6.45) is 2.52. The summed E-state index contributed by atoms with van der Waals surface area (Å²) in [5.41, 5.74) is 1.22. The molecule has 1 aromatic heterocycles. The largest absolute Gasteiger partial charge is 0.495 e. The van der Waals surface area contributed by atoms with Gasteiger partial charge in [-0.2, -0.15) is 35.3 Å². The smallest absolute Gasteiger partial charge is 0.409 e. The normalized spacial score (nSPS) is 27.2. The lowest BCUT2D eigenvalue weighted by Crippen LogP contribution is -2.63. The van der Waals surface area contributed by atoms with Gasteiger partial charge in [0.1, 0.15) is 40.7 Å². The number of carbonyl (C=O) groups excluding carboxylic acids is 5. The Balaban J connectivity index is 1.08. The van der Waals surface area contributed by atoms with Crippen LogP contribution >= 0.6 is 46.9 Å². The van der Waals surface area contributed by atoms with Crippen molar-refractivity contribution in [3.63, 3.8) is 0 Å². The number of nitrogens with zero attached hydrogens (tertiary/aromatic N) is 6. The highest BCUT2D eigenvalue weighted by Crippen LogP contribution is 2.49. The van der Waals surface area contributed by atoms with Crippen molar-refractivity contribution in [1.82, 2.24) is 30.1 Å². The molecule has 3 saturated heterocycles. The van der Waals surface area contributed by atoms with E-state index >= 15 is 0 Å². The number of fused-ring (bicyclic) bond motifs is 5. The van der Waals surface area contributed by atoms with Gasteiger partial charge in [-0.05, 0) is 74.1 Å². The molecule has 4 aliphatic heterocycles. The van der Waals surface area contributed by atoms with E-state index in [0.717, 1.165) is 47.7 Å². The van der Waals surface area contributed by atoms with Crippen LogP contribution in [-0.4, -0.2) is 165 Å². The van der Waals surface area contributed by atoms with Gasteiger partial charge in [-0.15, -0.1) is 5.10 Å². The van der Waals surface area contributed by atoms with Crippen molar-refractivity contribution in [2.45, 2.75) is 164 Å². The zero-order valence-corrected chi connectivity index (χ0v) is 48.8. The predicted molar refractivity (Wildman–Crippen MR) is 295 cm³/mol.